The summed E-state index contributed by atoms with van der Waals surface area (Å²) in [4.78, 5) is 15.2. The van der Waals surface area contributed by atoms with Gasteiger partial charge >= 0.3 is 5.97 Å². The van der Waals surface area contributed by atoms with Crippen LogP contribution in [0.1, 0.15) is 10.4 Å². The van der Waals surface area contributed by atoms with Crippen LogP contribution in [0.15, 0.2) is 55.0 Å². The van der Waals surface area contributed by atoms with Gasteiger partial charge in [-0.1, -0.05) is 30.3 Å². The molecule has 0 aliphatic rings. The molecule has 0 aliphatic carbocycles. The predicted octanol–water partition coefficient (Wildman–Crippen LogP) is 2.21. The maximum atomic E-state index is 11.1. The summed E-state index contributed by atoms with van der Waals surface area (Å²) in [6, 6.07) is 11.1. The van der Waals surface area contributed by atoms with E-state index in [4.69, 9.17) is 10.8 Å². The number of nitrogens with two attached hydrogens (primary N) is 1. The number of carboxylic acid groups (broad SMARTS) is 1. The van der Waals surface area contributed by atoms with Crippen LogP contribution in [-0.2, 0) is 0 Å². The fraction of sp³-hybridized carbons (Fsp3) is 0. The maximum absolute atomic E-state index is 11.1. The van der Waals surface area contributed by atoms with Crippen molar-refractivity contribution in [2.24, 2.45) is 0 Å². The van der Waals surface area contributed by atoms with E-state index in [1.807, 2.05) is 30.3 Å². The Morgan fingerprint density at radius 2 is 1.90 bits per heavy atom. The van der Waals surface area contributed by atoms with Gasteiger partial charge in [0.1, 0.15) is 0 Å². The molecule has 2 heterocycles. The van der Waals surface area contributed by atoms with Crippen molar-refractivity contribution in [3.05, 3.63) is 60.6 Å². The Morgan fingerprint density at radius 3 is 2.62 bits per heavy atom. The highest BCUT2D eigenvalue weighted by molar-refractivity contribution is 5.95. The van der Waals surface area contributed by atoms with Crippen LogP contribution in [0.4, 0.5) is 5.69 Å². The lowest BCUT2D eigenvalue weighted by Gasteiger charge is -2.06. The molecule has 3 rings (SSSR count). The third kappa shape index (κ3) is 2.34. The zero-order valence-electron chi connectivity index (χ0n) is 11.0. The number of carbonyl (C=O) groups is 1. The van der Waals surface area contributed by atoms with Gasteiger partial charge in [-0.05, 0) is 11.6 Å². The summed E-state index contributed by atoms with van der Waals surface area (Å²) in [5, 5.41) is 13.3. The number of anilines is 1. The highest BCUT2D eigenvalue weighted by atomic mass is 16.4. The monoisotopic (exact) mass is 280 g/mol. The lowest BCUT2D eigenvalue weighted by atomic mass is 10.1. The van der Waals surface area contributed by atoms with Crippen LogP contribution in [0.3, 0.4) is 0 Å². The van der Waals surface area contributed by atoms with Gasteiger partial charge in [0, 0.05) is 18.0 Å². The van der Waals surface area contributed by atoms with E-state index in [2.05, 4.69) is 10.1 Å². The molecule has 104 valence electrons. The van der Waals surface area contributed by atoms with Crippen molar-refractivity contribution in [2.75, 3.05) is 5.73 Å². The highest BCUT2D eigenvalue weighted by Gasteiger charge is 2.14. The zero-order valence-corrected chi connectivity index (χ0v) is 11.0. The molecule has 6 heteroatoms. The number of carboxylic acids is 1. The molecule has 0 unspecified atom stereocenters. The van der Waals surface area contributed by atoms with E-state index in [-0.39, 0.29) is 11.3 Å². The standard InChI is InChI=1S/C15H12N4O2/c16-13-12(15(20)21)6-7-17-14(13)19-9-11(8-18-19)10-4-2-1-3-5-10/h1-9H,16H2,(H,20,21). The number of aromatic carboxylic acids is 1. The van der Waals surface area contributed by atoms with Gasteiger partial charge in [0.25, 0.3) is 0 Å². The van der Waals surface area contributed by atoms with E-state index in [9.17, 15) is 4.79 Å². The van der Waals surface area contributed by atoms with Crippen molar-refractivity contribution < 1.29 is 9.90 Å². The number of hydrogen-bond donors (Lipinski definition) is 2. The molecular weight excluding hydrogens is 268 g/mol. The fourth-order valence-electron chi connectivity index (χ4n) is 2.05. The molecule has 0 spiro atoms. The van der Waals surface area contributed by atoms with Crippen LogP contribution in [0.25, 0.3) is 16.9 Å². The van der Waals surface area contributed by atoms with Crippen molar-refractivity contribution >= 4 is 11.7 Å². The first-order valence-electron chi connectivity index (χ1n) is 6.25. The molecule has 0 radical (unpaired) electrons. The number of nitrogens with zero attached hydrogens (tertiary/aromatic N) is 3. The minimum absolute atomic E-state index is 0.0109. The number of pyridine rings is 1. The molecule has 0 saturated heterocycles. The summed E-state index contributed by atoms with van der Waals surface area (Å²) in [6.45, 7) is 0. The lowest BCUT2D eigenvalue weighted by molar-refractivity contribution is 0.0698. The van der Waals surface area contributed by atoms with Gasteiger partial charge in [0.2, 0.25) is 0 Å². The van der Waals surface area contributed by atoms with Crippen LogP contribution in [-0.4, -0.2) is 25.8 Å². The lowest BCUT2D eigenvalue weighted by Crippen LogP contribution is -2.09. The molecule has 0 amide bonds. The van der Waals surface area contributed by atoms with Crippen LogP contribution in [0.2, 0.25) is 0 Å². The minimum Gasteiger partial charge on any atom is -0.478 e. The molecular formula is C15H12N4O2. The van der Waals surface area contributed by atoms with Crippen LogP contribution >= 0.6 is 0 Å². The average molecular weight is 280 g/mol. The summed E-state index contributed by atoms with van der Waals surface area (Å²) < 4.78 is 1.48. The van der Waals surface area contributed by atoms with Crippen LogP contribution < -0.4 is 5.73 Å². The van der Waals surface area contributed by atoms with E-state index in [0.29, 0.717) is 5.82 Å². The van der Waals surface area contributed by atoms with E-state index in [0.717, 1.165) is 11.1 Å². The number of rotatable bonds is 3. The van der Waals surface area contributed by atoms with Crippen molar-refractivity contribution in [1.29, 1.82) is 0 Å². The second-order valence-electron chi connectivity index (χ2n) is 4.44. The first kappa shape index (κ1) is 12.9. The third-order valence-electron chi connectivity index (χ3n) is 3.11. The van der Waals surface area contributed by atoms with Crippen molar-refractivity contribution in [3.8, 4) is 16.9 Å². The van der Waals surface area contributed by atoms with E-state index in [1.54, 1.807) is 12.4 Å². The van der Waals surface area contributed by atoms with Gasteiger partial charge in [0.15, 0.2) is 5.82 Å². The smallest absolute Gasteiger partial charge is 0.337 e. The maximum Gasteiger partial charge on any atom is 0.337 e. The second-order valence-corrected chi connectivity index (χ2v) is 4.44. The number of aromatic nitrogens is 3. The Kier molecular flexibility index (Phi) is 3.12. The summed E-state index contributed by atoms with van der Waals surface area (Å²) in [5.41, 5.74) is 7.87. The van der Waals surface area contributed by atoms with Crippen molar-refractivity contribution in [1.82, 2.24) is 14.8 Å². The van der Waals surface area contributed by atoms with Gasteiger partial charge in [0.05, 0.1) is 17.4 Å². The van der Waals surface area contributed by atoms with Gasteiger partial charge in [-0.2, -0.15) is 5.10 Å². The number of hydrogen-bond acceptors (Lipinski definition) is 4. The Labute approximate surface area is 120 Å². The SMILES string of the molecule is Nc1c(C(=O)O)ccnc1-n1cc(-c2ccccc2)cn1. The highest BCUT2D eigenvalue weighted by Crippen LogP contribution is 2.22. The summed E-state index contributed by atoms with van der Waals surface area (Å²) >= 11 is 0. The Hall–Kier alpha value is -3.15. The zero-order chi connectivity index (χ0) is 14.8. The van der Waals surface area contributed by atoms with Crippen LogP contribution in [0, 0.1) is 0 Å². The molecule has 0 fully saturated rings. The molecule has 21 heavy (non-hydrogen) atoms. The quantitative estimate of drug-likeness (QED) is 0.767. The number of benzene rings is 1. The molecule has 0 atom stereocenters. The molecule has 2 aromatic heterocycles. The van der Waals surface area contributed by atoms with Crippen molar-refractivity contribution in [3.63, 3.8) is 0 Å². The Bertz CT molecular complexity index is 796. The van der Waals surface area contributed by atoms with Gasteiger partial charge in [-0.25, -0.2) is 14.5 Å². The summed E-state index contributed by atoms with van der Waals surface area (Å²) in [6.07, 6.45) is 4.85. The van der Waals surface area contributed by atoms with Gasteiger partial charge in [-0.15, -0.1) is 0 Å². The molecule has 1 aromatic carbocycles. The largest absolute Gasteiger partial charge is 0.478 e. The van der Waals surface area contributed by atoms with Crippen molar-refractivity contribution in [2.45, 2.75) is 0 Å². The van der Waals surface area contributed by atoms with E-state index in [1.165, 1.54) is 16.9 Å². The first-order valence-corrected chi connectivity index (χ1v) is 6.25. The molecule has 3 aromatic rings. The van der Waals surface area contributed by atoms with Crippen LogP contribution in [0.5, 0.6) is 0 Å². The fourth-order valence-corrected chi connectivity index (χ4v) is 2.05. The number of nitrogen functional groups attached to an aromatic ring is 1. The molecule has 6 nitrogen and oxygen atoms in total. The van der Waals surface area contributed by atoms with E-state index >= 15 is 0 Å². The Morgan fingerprint density at radius 1 is 1.14 bits per heavy atom. The summed E-state index contributed by atoms with van der Waals surface area (Å²) in [7, 11) is 0. The summed E-state index contributed by atoms with van der Waals surface area (Å²) in [5.74, 6) is -0.788. The molecule has 0 saturated carbocycles. The topological polar surface area (TPSA) is 94.0 Å². The predicted molar refractivity (Wildman–Crippen MR) is 78.2 cm³/mol. The van der Waals surface area contributed by atoms with E-state index < -0.39 is 5.97 Å². The normalized spacial score (nSPS) is 10.5. The second kappa shape index (κ2) is 5.09. The van der Waals surface area contributed by atoms with Gasteiger partial charge in [-0.3, -0.25) is 0 Å². The molecule has 0 aliphatic heterocycles. The minimum atomic E-state index is -1.09. The first-order chi connectivity index (χ1) is 10.2. The van der Waals surface area contributed by atoms with Gasteiger partial charge < -0.3 is 10.8 Å². The molecule has 0 bridgehead atoms. The third-order valence-corrected chi connectivity index (χ3v) is 3.11. The average Bonchev–Trinajstić information content (AvgIpc) is 2.98. The molecule has 3 N–H and O–H groups in total. The Balaban J connectivity index is 2.05.